The second kappa shape index (κ2) is 6.89. The van der Waals surface area contributed by atoms with E-state index in [1.54, 1.807) is 0 Å². The minimum absolute atomic E-state index is 0.0825. The van der Waals surface area contributed by atoms with E-state index in [0.29, 0.717) is 18.1 Å². The smallest absolute Gasteiger partial charge is 0.275 e. The monoisotopic (exact) mass is 282 g/mol. The highest BCUT2D eigenvalue weighted by Crippen LogP contribution is 2.08. The van der Waals surface area contributed by atoms with Crippen molar-refractivity contribution in [3.63, 3.8) is 0 Å². The van der Waals surface area contributed by atoms with Crippen molar-refractivity contribution in [2.45, 2.75) is 25.4 Å². The number of quaternary nitrogens is 1. The van der Waals surface area contributed by atoms with Gasteiger partial charge in [0.25, 0.3) is 5.91 Å². The van der Waals surface area contributed by atoms with Gasteiger partial charge in [-0.05, 0) is 30.5 Å². The SMILES string of the molecule is N[C@@H]1CCC[NH+](CC(=O)NCc2ccc(Cl)cc2)C1. The van der Waals surface area contributed by atoms with Crippen molar-refractivity contribution in [3.05, 3.63) is 34.9 Å². The Labute approximate surface area is 118 Å². The minimum Gasteiger partial charge on any atom is -0.347 e. The van der Waals surface area contributed by atoms with Gasteiger partial charge in [0, 0.05) is 11.6 Å². The Balaban J connectivity index is 1.73. The largest absolute Gasteiger partial charge is 0.347 e. The fourth-order valence-electron chi connectivity index (χ4n) is 2.44. The van der Waals surface area contributed by atoms with Crippen LogP contribution in [0, 0.1) is 0 Å². The first kappa shape index (κ1) is 14.3. The zero-order valence-corrected chi connectivity index (χ0v) is 11.7. The average molecular weight is 283 g/mol. The van der Waals surface area contributed by atoms with Crippen molar-refractivity contribution in [3.8, 4) is 0 Å². The topological polar surface area (TPSA) is 59.6 Å². The van der Waals surface area contributed by atoms with Crippen molar-refractivity contribution in [2.24, 2.45) is 5.73 Å². The van der Waals surface area contributed by atoms with Gasteiger partial charge in [0.2, 0.25) is 0 Å². The predicted molar refractivity (Wildman–Crippen MR) is 76.1 cm³/mol. The van der Waals surface area contributed by atoms with Gasteiger partial charge in [0.05, 0.1) is 19.1 Å². The summed E-state index contributed by atoms with van der Waals surface area (Å²) in [5.41, 5.74) is 6.97. The number of nitrogens with two attached hydrogens (primary N) is 1. The summed E-state index contributed by atoms with van der Waals surface area (Å²) < 4.78 is 0. The molecule has 1 unspecified atom stereocenters. The summed E-state index contributed by atoms with van der Waals surface area (Å²) in [5.74, 6) is 0.0825. The molecule has 1 aliphatic heterocycles. The average Bonchev–Trinajstić information content (AvgIpc) is 2.38. The number of piperidine rings is 1. The third-order valence-corrected chi connectivity index (χ3v) is 3.72. The second-order valence-corrected chi connectivity index (χ2v) is 5.62. The van der Waals surface area contributed by atoms with E-state index in [-0.39, 0.29) is 11.9 Å². The molecule has 1 amide bonds. The highest BCUT2D eigenvalue weighted by molar-refractivity contribution is 6.30. The quantitative estimate of drug-likeness (QED) is 0.726. The van der Waals surface area contributed by atoms with Crippen LogP contribution in [-0.4, -0.2) is 31.6 Å². The van der Waals surface area contributed by atoms with Crippen LogP contribution in [0.2, 0.25) is 5.02 Å². The van der Waals surface area contributed by atoms with Crippen molar-refractivity contribution in [2.75, 3.05) is 19.6 Å². The van der Waals surface area contributed by atoms with Gasteiger partial charge < -0.3 is 16.0 Å². The normalized spacial score (nSPS) is 23.1. The first-order valence-electron chi connectivity index (χ1n) is 6.74. The first-order valence-corrected chi connectivity index (χ1v) is 7.11. The van der Waals surface area contributed by atoms with Crippen LogP contribution in [0.1, 0.15) is 18.4 Å². The van der Waals surface area contributed by atoms with Gasteiger partial charge in [-0.3, -0.25) is 4.79 Å². The van der Waals surface area contributed by atoms with E-state index in [4.69, 9.17) is 17.3 Å². The first-order chi connectivity index (χ1) is 9.13. The van der Waals surface area contributed by atoms with Crippen LogP contribution in [0.3, 0.4) is 0 Å². The van der Waals surface area contributed by atoms with Gasteiger partial charge in [0.1, 0.15) is 0 Å². The number of carbonyl (C=O) groups excluding carboxylic acids is 1. The summed E-state index contributed by atoms with van der Waals surface area (Å²) >= 11 is 5.81. The molecular formula is C14H21ClN3O+. The number of amides is 1. The van der Waals surface area contributed by atoms with E-state index in [2.05, 4.69) is 5.32 Å². The summed E-state index contributed by atoms with van der Waals surface area (Å²) in [4.78, 5) is 13.1. The number of hydrogen-bond donors (Lipinski definition) is 3. The van der Waals surface area contributed by atoms with Crippen LogP contribution in [-0.2, 0) is 11.3 Å². The number of likely N-dealkylation sites (tertiary alicyclic amines) is 1. The molecule has 1 aliphatic rings. The van der Waals surface area contributed by atoms with Gasteiger partial charge in [-0.2, -0.15) is 0 Å². The predicted octanol–water partition coefficient (Wildman–Crippen LogP) is -0.0378. The minimum atomic E-state index is 0.0825. The molecule has 1 aromatic rings. The van der Waals surface area contributed by atoms with Gasteiger partial charge in [-0.15, -0.1) is 0 Å². The zero-order valence-electron chi connectivity index (χ0n) is 11.0. The molecule has 0 spiro atoms. The Morgan fingerprint density at radius 3 is 2.84 bits per heavy atom. The summed E-state index contributed by atoms with van der Waals surface area (Å²) in [6.07, 6.45) is 2.19. The van der Waals surface area contributed by atoms with Crippen LogP contribution >= 0.6 is 11.6 Å². The fourth-order valence-corrected chi connectivity index (χ4v) is 2.57. The number of halogens is 1. The molecule has 0 bridgehead atoms. The molecule has 5 heteroatoms. The summed E-state index contributed by atoms with van der Waals surface area (Å²) in [7, 11) is 0. The molecule has 1 heterocycles. The van der Waals surface area contributed by atoms with Crippen molar-refractivity contribution < 1.29 is 9.69 Å². The van der Waals surface area contributed by atoms with Crippen LogP contribution in [0.25, 0.3) is 0 Å². The molecule has 4 N–H and O–H groups in total. The standard InChI is InChI=1S/C14H20ClN3O/c15-12-5-3-11(4-6-12)8-17-14(19)10-18-7-1-2-13(16)9-18/h3-6,13H,1-2,7-10,16H2,(H,17,19)/p+1/t13-/m1/s1. The molecule has 1 saturated heterocycles. The van der Waals surface area contributed by atoms with Crippen LogP contribution in [0.4, 0.5) is 0 Å². The number of benzene rings is 1. The van der Waals surface area contributed by atoms with Gasteiger partial charge >= 0.3 is 0 Å². The van der Waals surface area contributed by atoms with Gasteiger partial charge in [-0.25, -0.2) is 0 Å². The highest BCUT2D eigenvalue weighted by Gasteiger charge is 2.21. The third-order valence-electron chi connectivity index (χ3n) is 3.47. The lowest BCUT2D eigenvalue weighted by Crippen LogP contribution is -3.15. The maximum atomic E-state index is 11.9. The molecule has 0 radical (unpaired) electrons. The summed E-state index contributed by atoms with van der Waals surface area (Å²) in [5, 5.41) is 3.65. The molecule has 1 aromatic carbocycles. The lowest BCUT2D eigenvalue weighted by Gasteiger charge is -2.27. The van der Waals surface area contributed by atoms with E-state index in [0.717, 1.165) is 31.5 Å². The highest BCUT2D eigenvalue weighted by atomic mass is 35.5. The zero-order chi connectivity index (χ0) is 13.7. The van der Waals surface area contributed by atoms with Crippen molar-refractivity contribution in [1.29, 1.82) is 0 Å². The summed E-state index contributed by atoms with van der Waals surface area (Å²) in [6.45, 7) is 3.01. The Bertz CT molecular complexity index is 421. The van der Waals surface area contributed by atoms with Crippen molar-refractivity contribution in [1.82, 2.24) is 5.32 Å². The van der Waals surface area contributed by atoms with E-state index < -0.39 is 0 Å². The van der Waals surface area contributed by atoms with E-state index in [1.165, 1.54) is 4.90 Å². The maximum absolute atomic E-state index is 11.9. The number of rotatable bonds is 4. The van der Waals surface area contributed by atoms with E-state index in [9.17, 15) is 4.79 Å². The fraction of sp³-hybridized carbons (Fsp3) is 0.500. The van der Waals surface area contributed by atoms with Crippen LogP contribution in [0.5, 0.6) is 0 Å². The van der Waals surface area contributed by atoms with Crippen LogP contribution < -0.4 is 16.0 Å². The molecule has 2 atom stereocenters. The van der Waals surface area contributed by atoms with Crippen molar-refractivity contribution >= 4 is 17.5 Å². The Hall–Kier alpha value is -1.10. The summed E-state index contributed by atoms with van der Waals surface area (Å²) in [6, 6.07) is 7.75. The Morgan fingerprint density at radius 1 is 1.42 bits per heavy atom. The molecule has 1 fully saturated rings. The second-order valence-electron chi connectivity index (χ2n) is 5.19. The molecule has 104 valence electrons. The molecule has 0 aliphatic carbocycles. The van der Waals surface area contributed by atoms with Gasteiger partial charge in [0.15, 0.2) is 6.54 Å². The lowest BCUT2D eigenvalue weighted by atomic mass is 10.1. The molecule has 2 rings (SSSR count). The number of nitrogens with one attached hydrogen (secondary N) is 2. The Morgan fingerprint density at radius 2 is 2.16 bits per heavy atom. The molecule has 19 heavy (non-hydrogen) atoms. The lowest BCUT2D eigenvalue weighted by molar-refractivity contribution is -0.897. The molecule has 0 aromatic heterocycles. The molecule has 0 saturated carbocycles. The number of carbonyl (C=O) groups is 1. The van der Waals surface area contributed by atoms with Gasteiger partial charge in [-0.1, -0.05) is 23.7 Å². The number of hydrogen-bond acceptors (Lipinski definition) is 2. The van der Waals surface area contributed by atoms with Crippen LogP contribution in [0.15, 0.2) is 24.3 Å². The van der Waals surface area contributed by atoms with E-state index >= 15 is 0 Å². The third kappa shape index (κ3) is 4.82. The molecule has 4 nitrogen and oxygen atoms in total. The molecular weight excluding hydrogens is 262 g/mol. The maximum Gasteiger partial charge on any atom is 0.275 e. The Kier molecular flexibility index (Phi) is 5.19. The van der Waals surface area contributed by atoms with E-state index in [1.807, 2.05) is 24.3 Å².